The molecule has 1 heterocycles. The third kappa shape index (κ3) is 5.39. The van der Waals surface area contributed by atoms with Gasteiger partial charge in [0.05, 0.1) is 23.8 Å². The lowest BCUT2D eigenvalue weighted by Gasteiger charge is -2.08. The lowest BCUT2D eigenvalue weighted by Crippen LogP contribution is -2.04. The minimum atomic E-state index is -4.34. The highest BCUT2D eigenvalue weighted by molar-refractivity contribution is 5.98. The predicted molar refractivity (Wildman–Crippen MR) is 97.9 cm³/mol. The van der Waals surface area contributed by atoms with Crippen LogP contribution in [-0.2, 0) is 24.2 Å². The largest absolute Gasteiger partial charge is 0.489 e. The Kier molecular flexibility index (Phi) is 6.03. The normalized spacial score (nSPS) is 12.1. The van der Waals surface area contributed by atoms with Crippen LogP contribution in [0.1, 0.15) is 29.2 Å². The minimum absolute atomic E-state index is 0.0847. The van der Waals surface area contributed by atoms with E-state index in [1.807, 2.05) is 30.3 Å². The van der Waals surface area contributed by atoms with Gasteiger partial charge in [-0.25, -0.2) is 0 Å². The standard InChI is InChI=1S/C21H18F3NO3/c1-15(25-28-14-16-2-6-19(7-3-16)21(22,23)24)18-4-8-20(9-5-18)27-13-17-10-11-26-12-17/h2-12H,13-14H2,1H3/b25-15+. The molecule has 2 aromatic carbocycles. The van der Waals surface area contributed by atoms with Crippen molar-refractivity contribution in [3.8, 4) is 5.75 Å². The van der Waals surface area contributed by atoms with E-state index in [4.69, 9.17) is 14.0 Å². The predicted octanol–water partition coefficient (Wildman–Crippen LogP) is 5.82. The van der Waals surface area contributed by atoms with Crippen LogP contribution in [0.2, 0.25) is 0 Å². The van der Waals surface area contributed by atoms with E-state index in [0.717, 1.165) is 23.3 Å². The van der Waals surface area contributed by atoms with Crippen molar-refractivity contribution >= 4 is 5.71 Å². The highest BCUT2D eigenvalue weighted by atomic mass is 19.4. The van der Waals surface area contributed by atoms with Gasteiger partial charge in [0.15, 0.2) is 0 Å². The maximum Gasteiger partial charge on any atom is 0.416 e. The Morgan fingerprint density at radius 2 is 1.64 bits per heavy atom. The highest BCUT2D eigenvalue weighted by Crippen LogP contribution is 2.29. The Balaban J connectivity index is 1.51. The van der Waals surface area contributed by atoms with Crippen molar-refractivity contribution in [2.45, 2.75) is 26.3 Å². The van der Waals surface area contributed by atoms with Gasteiger partial charge in [0, 0.05) is 5.56 Å². The first-order valence-corrected chi connectivity index (χ1v) is 8.49. The molecule has 0 spiro atoms. The van der Waals surface area contributed by atoms with Crippen LogP contribution < -0.4 is 4.74 Å². The van der Waals surface area contributed by atoms with Crippen LogP contribution in [0.4, 0.5) is 13.2 Å². The average Bonchev–Trinajstić information content (AvgIpc) is 3.20. The quantitative estimate of drug-likeness (QED) is 0.378. The third-order valence-electron chi connectivity index (χ3n) is 3.97. The van der Waals surface area contributed by atoms with Crippen molar-refractivity contribution in [2.75, 3.05) is 0 Å². The molecule has 0 aliphatic heterocycles. The molecule has 0 aliphatic carbocycles. The molecule has 0 radical (unpaired) electrons. The monoisotopic (exact) mass is 389 g/mol. The second kappa shape index (κ2) is 8.65. The summed E-state index contributed by atoms with van der Waals surface area (Å²) in [6.07, 6.45) is -1.13. The van der Waals surface area contributed by atoms with E-state index in [0.29, 0.717) is 23.6 Å². The summed E-state index contributed by atoms with van der Waals surface area (Å²) in [6.45, 7) is 2.29. The van der Waals surface area contributed by atoms with Crippen LogP contribution in [0.3, 0.4) is 0 Å². The lowest BCUT2D eigenvalue weighted by atomic mass is 10.1. The highest BCUT2D eigenvalue weighted by Gasteiger charge is 2.29. The third-order valence-corrected chi connectivity index (χ3v) is 3.97. The van der Waals surface area contributed by atoms with E-state index < -0.39 is 11.7 Å². The van der Waals surface area contributed by atoms with Crippen molar-refractivity contribution < 1.29 is 27.2 Å². The zero-order chi connectivity index (χ0) is 20.0. The van der Waals surface area contributed by atoms with Crippen LogP contribution in [0.15, 0.2) is 76.7 Å². The molecule has 0 amide bonds. The number of furan rings is 1. The van der Waals surface area contributed by atoms with Gasteiger partial charge in [-0.05, 0) is 60.5 Å². The van der Waals surface area contributed by atoms with Gasteiger partial charge in [0.2, 0.25) is 0 Å². The fourth-order valence-electron chi connectivity index (χ4n) is 2.38. The van der Waals surface area contributed by atoms with E-state index in [1.54, 1.807) is 19.5 Å². The molecular weight excluding hydrogens is 371 g/mol. The molecule has 7 heteroatoms. The van der Waals surface area contributed by atoms with Crippen LogP contribution in [0.5, 0.6) is 5.75 Å². The van der Waals surface area contributed by atoms with Crippen molar-refractivity contribution in [1.82, 2.24) is 0 Å². The minimum Gasteiger partial charge on any atom is -0.489 e. The Labute approximate surface area is 160 Å². The van der Waals surface area contributed by atoms with Crippen LogP contribution in [0.25, 0.3) is 0 Å². The first-order chi connectivity index (χ1) is 13.4. The van der Waals surface area contributed by atoms with Gasteiger partial charge in [-0.1, -0.05) is 17.3 Å². The van der Waals surface area contributed by atoms with E-state index >= 15 is 0 Å². The summed E-state index contributed by atoms with van der Waals surface area (Å²) >= 11 is 0. The number of benzene rings is 2. The first-order valence-electron chi connectivity index (χ1n) is 8.49. The van der Waals surface area contributed by atoms with Gasteiger partial charge in [-0.15, -0.1) is 0 Å². The van der Waals surface area contributed by atoms with Gasteiger partial charge >= 0.3 is 6.18 Å². The summed E-state index contributed by atoms with van der Waals surface area (Å²) in [5.74, 6) is 0.712. The Morgan fingerprint density at radius 1 is 0.929 bits per heavy atom. The molecule has 3 aromatic rings. The molecule has 0 saturated heterocycles. The molecule has 4 nitrogen and oxygen atoms in total. The molecule has 0 N–H and O–H groups in total. The Bertz CT molecular complexity index is 900. The molecule has 146 valence electrons. The van der Waals surface area contributed by atoms with Crippen molar-refractivity contribution in [2.24, 2.45) is 5.16 Å². The summed E-state index contributed by atoms with van der Waals surface area (Å²) in [4.78, 5) is 5.25. The van der Waals surface area contributed by atoms with Crippen LogP contribution in [0, 0.1) is 0 Å². The molecular formula is C21H18F3NO3. The number of hydrogen-bond donors (Lipinski definition) is 0. The number of hydrogen-bond acceptors (Lipinski definition) is 4. The van der Waals surface area contributed by atoms with Crippen molar-refractivity contribution in [3.05, 3.63) is 89.4 Å². The van der Waals surface area contributed by atoms with Crippen molar-refractivity contribution in [1.29, 1.82) is 0 Å². The van der Waals surface area contributed by atoms with E-state index in [9.17, 15) is 13.2 Å². The molecule has 0 unspecified atom stereocenters. The smallest absolute Gasteiger partial charge is 0.416 e. The number of rotatable bonds is 7. The molecule has 0 aliphatic rings. The molecule has 3 rings (SSSR count). The maximum atomic E-state index is 12.5. The van der Waals surface area contributed by atoms with Crippen LogP contribution in [-0.4, -0.2) is 5.71 Å². The summed E-state index contributed by atoms with van der Waals surface area (Å²) in [6, 6.07) is 14.0. The summed E-state index contributed by atoms with van der Waals surface area (Å²) in [5.41, 5.74) is 2.36. The summed E-state index contributed by atoms with van der Waals surface area (Å²) in [5, 5.41) is 4.02. The molecule has 28 heavy (non-hydrogen) atoms. The molecule has 0 fully saturated rings. The van der Waals surface area contributed by atoms with Gasteiger partial charge < -0.3 is 14.0 Å². The molecule has 0 atom stereocenters. The number of oxime groups is 1. The summed E-state index contributed by atoms with van der Waals surface area (Å²) in [7, 11) is 0. The topological polar surface area (TPSA) is 44.0 Å². The Hall–Kier alpha value is -3.22. The van der Waals surface area contributed by atoms with Gasteiger partial charge in [-0.2, -0.15) is 13.2 Å². The lowest BCUT2D eigenvalue weighted by molar-refractivity contribution is -0.137. The maximum absolute atomic E-state index is 12.5. The second-order valence-corrected chi connectivity index (χ2v) is 6.09. The molecule has 0 saturated carbocycles. The fraction of sp³-hybridized carbons (Fsp3) is 0.190. The van der Waals surface area contributed by atoms with Gasteiger partial charge in [-0.3, -0.25) is 0 Å². The SMILES string of the molecule is C/C(=N\OCc1ccc(C(F)(F)F)cc1)c1ccc(OCc2ccoc2)cc1. The molecule has 0 bridgehead atoms. The van der Waals surface area contributed by atoms with Crippen LogP contribution >= 0.6 is 0 Å². The second-order valence-electron chi connectivity index (χ2n) is 6.09. The zero-order valence-electron chi connectivity index (χ0n) is 15.1. The van der Waals surface area contributed by atoms with Gasteiger partial charge in [0.25, 0.3) is 0 Å². The Morgan fingerprint density at radius 3 is 2.25 bits per heavy atom. The van der Waals surface area contributed by atoms with Crippen molar-refractivity contribution in [3.63, 3.8) is 0 Å². The number of nitrogens with zero attached hydrogens (tertiary/aromatic N) is 1. The van der Waals surface area contributed by atoms with E-state index in [2.05, 4.69) is 5.16 Å². The van der Waals surface area contributed by atoms with Gasteiger partial charge in [0.1, 0.15) is 19.0 Å². The number of halogens is 3. The molecule has 1 aromatic heterocycles. The average molecular weight is 389 g/mol. The summed E-state index contributed by atoms with van der Waals surface area (Å²) < 4.78 is 48.3. The number of ether oxygens (including phenoxy) is 1. The number of alkyl halides is 3. The zero-order valence-corrected chi connectivity index (χ0v) is 15.1. The van der Waals surface area contributed by atoms with E-state index in [1.165, 1.54) is 12.1 Å². The first kappa shape index (κ1) is 19.5. The van der Waals surface area contributed by atoms with E-state index in [-0.39, 0.29) is 6.61 Å². The fourth-order valence-corrected chi connectivity index (χ4v) is 2.38.